The molecule has 0 fully saturated rings. The number of allylic oxidation sites excluding steroid dienone is 1. The molecule has 0 nitrogen and oxygen atoms in total. The van der Waals surface area contributed by atoms with Gasteiger partial charge in [-0.15, -0.1) is 0 Å². The third-order valence-corrected chi connectivity index (χ3v) is 3.07. The molecule has 0 aromatic carbocycles. The predicted octanol–water partition coefficient (Wildman–Crippen LogP) is 4.64. The van der Waals surface area contributed by atoms with Crippen LogP contribution in [0.3, 0.4) is 0 Å². The van der Waals surface area contributed by atoms with Crippen molar-refractivity contribution in [3.63, 3.8) is 0 Å². The second kappa shape index (κ2) is 6.42. The third-order valence-electron chi connectivity index (χ3n) is 1.83. The van der Waals surface area contributed by atoms with Crippen molar-refractivity contribution in [1.82, 2.24) is 0 Å². The molecule has 0 amide bonds. The molecule has 0 aliphatic rings. The molecule has 0 radical (unpaired) electrons. The van der Waals surface area contributed by atoms with Gasteiger partial charge in [0.1, 0.15) is 0 Å². The molecule has 1 unspecified atom stereocenters. The van der Waals surface area contributed by atoms with E-state index in [4.69, 9.17) is 1.37 Å². The Bertz CT molecular complexity index is 168. The highest BCUT2D eigenvalue weighted by atomic mass is 28.3. The summed E-state index contributed by atoms with van der Waals surface area (Å²) >= 11 is 0. The fourth-order valence-electron chi connectivity index (χ4n) is 1.12. The summed E-state index contributed by atoms with van der Waals surface area (Å²) in [4.78, 5) is 0. The molecule has 0 heterocycles. The fraction of sp³-hybridized carbons (Fsp3) is 0.833. The number of hydrogen-bond donors (Lipinski definition) is 0. The van der Waals surface area contributed by atoms with Gasteiger partial charge in [0.15, 0.2) is 0 Å². The molecular weight excluding hydrogens is 172 g/mol. The van der Waals surface area contributed by atoms with Crippen molar-refractivity contribution in [3.05, 3.63) is 11.8 Å². The minimum Gasteiger partial charge on any atom is -0.0989 e. The van der Waals surface area contributed by atoms with Crippen LogP contribution < -0.4 is 0 Å². The Morgan fingerprint density at radius 2 is 1.85 bits per heavy atom. The van der Waals surface area contributed by atoms with E-state index in [0.717, 1.165) is 12.8 Å². The smallest absolute Gasteiger partial charge is 0.0682 e. The summed E-state index contributed by atoms with van der Waals surface area (Å²) in [5.41, 5.74) is 2.40. The maximum atomic E-state index is 7.77. The van der Waals surface area contributed by atoms with Crippen molar-refractivity contribution in [3.8, 4) is 0 Å². The summed E-state index contributed by atoms with van der Waals surface area (Å²) < 4.78 is 7.77. The van der Waals surface area contributed by atoms with Gasteiger partial charge >= 0.3 is 0 Å². The van der Waals surface area contributed by atoms with Crippen molar-refractivity contribution in [2.24, 2.45) is 5.92 Å². The molecule has 0 spiro atoms. The number of unbranched alkanes of at least 4 members (excludes halogenated alkanes) is 1. The Labute approximate surface area is 86.8 Å². The van der Waals surface area contributed by atoms with Crippen LogP contribution in [0.4, 0.5) is 0 Å². The van der Waals surface area contributed by atoms with Gasteiger partial charge in [-0.2, -0.15) is 0 Å². The van der Waals surface area contributed by atoms with Gasteiger partial charge in [0, 0.05) is 1.37 Å². The van der Waals surface area contributed by atoms with E-state index in [0.29, 0.717) is 5.92 Å². The second-order valence-corrected chi connectivity index (χ2v) is 10.2. The molecule has 0 N–H and O–H groups in total. The van der Waals surface area contributed by atoms with Crippen LogP contribution in [0.5, 0.6) is 0 Å². The molecule has 0 rings (SSSR count). The quantitative estimate of drug-likeness (QED) is 0.432. The molecule has 13 heavy (non-hydrogen) atoms. The van der Waals surface area contributed by atoms with Gasteiger partial charge in [-0.1, -0.05) is 58.1 Å². The minimum absolute atomic E-state index is 0.135. The molecule has 0 bridgehead atoms. The lowest BCUT2D eigenvalue weighted by molar-refractivity contribution is 0.540. The lowest BCUT2D eigenvalue weighted by atomic mass is 10.1. The van der Waals surface area contributed by atoms with Crippen molar-refractivity contribution < 1.29 is 1.37 Å². The zero-order valence-corrected chi connectivity index (χ0v) is 10.9. The largest absolute Gasteiger partial charge is 0.0989 e. The first-order valence-corrected chi connectivity index (χ1v) is 9.00. The predicted molar refractivity (Wildman–Crippen MR) is 65.8 cm³/mol. The minimum atomic E-state index is -0.984. The summed E-state index contributed by atoms with van der Waals surface area (Å²) in [6, 6.07) is 0. The van der Waals surface area contributed by atoms with Crippen LogP contribution in [0.2, 0.25) is 19.6 Å². The van der Waals surface area contributed by atoms with Crippen molar-refractivity contribution >= 4 is 8.07 Å². The van der Waals surface area contributed by atoms with Gasteiger partial charge in [-0.05, 0) is 18.8 Å². The zero-order chi connectivity index (χ0) is 11.2. The Morgan fingerprint density at radius 1 is 1.23 bits per heavy atom. The first-order chi connectivity index (χ1) is 6.33. The van der Waals surface area contributed by atoms with Crippen molar-refractivity contribution in [1.29, 1.82) is 0 Å². The van der Waals surface area contributed by atoms with E-state index in [2.05, 4.69) is 45.3 Å². The van der Waals surface area contributed by atoms with Gasteiger partial charge < -0.3 is 0 Å². The molecular formula is C12H26Si. The van der Waals surface area contributed by atoms with Crippen LogP contribution in [-0.4, -0.2) is 8.07 Å². The molecule has 0 saturated heterocycles. The Hall–Kier alpha value is -0.0431. The molecule has 0 aromatic rings. The van der Waals surface area contributed by atoms with E-state index in [1.54, 1.807) is 0 Å². The van der Waals surface area contributed by atoms with E-state index < -0.39 is 8.07 Å². The molecule has 0 saturated carbocycles. The normalized spacial score (nSPS) is 16.6. The molecule has 1 heteroatoms. The summed E-state index contributed by atoms with van der Waals surface area (Å²) in [6.07, 6.45) is 5.84. The molecule has 0 aliphatic carbocycles. The van der Waals surface area contributed by atoms with Crippen molar-refractivity contribution in [2.45, 2.75) is 59.1 Å². The van der Waals surface area contributed by atoms with Gasteiger partial charge in [0.25, 0.3) is 0 Å². The number of hydrogen-bond acceptors (Lipinski definition) is 0. The summed E-state index contributed by atoms with van der Waals surface area (Å²) in [5, 5.41) is 0. The monoisotopic (exact) mass is 199 g/mol. The van der Waals surface area contributed by atoms with E-state index in [1.165, 1.54) is 6.42 Å². The molecule has 78 valence electrons. The van der Waals surface area contributed by atoms with E-state index >= 15 is 0 Å². The van der Waals surface area contributed by atoms with Crippen LogP contribution in [-0.2, 0) is 0 Å². The highest BCUT2D eigenvalue weighted by Crippen LogP contribution is 2.09. The lowest BCUT2D eigenvalue weighted by Gasteiger charge is -2.08. The zero-order valence-electron chi connectivity index (χ0n) is 10.9. The van der Waals surface area contributed by atoms with Crippen LogP contribution in [0, 0.1) is 5.92 Å². The average Bonchev–Trinajstić information content (AvgIpc) is 2.01. The summed E-state index contributed by atoms with van der Waals surface area (Å²) in [5.74, 6) is 0.510. The Balaban J connectivity index is 3.52. The van der Waals surface area contributed by atoms with E-state index in [-0.39, 0.29) is 6.40 Å². The molecule has 0 aromatic heterocycles. The molecule has 1 atom stereocenters. The van der Waals surface area contributed by atoms with Gasteiger partial charge in [-0.25, -0.2) is 0 Å². The topological polar surface area (TPSA) is 0 Å². The number of rotatable bonds is 6. The van der Waals surface area contributed by atoms with E-state index in [1.807, 2.05) is 0 Å². The third kappa shape index (κ3) is 12.0. The standard InChI is InChI=1S/C12H26Si/c1-12(2)10-8-6-7-9-11-13(3,4)5/h9,11-12H,6-8,10H2,1-5H3/b11-9+/i10D. The Morgan fingerprint density at radius 3 is 2.31 bits per heavy atom. The lowest BCUT2D eigenvalue weighted by Crippen LogP contribution is -2.15. The maximum absolute atomic E-state index is 7.77. The average molecular weight is 199 g/mol. The maximum Gasteiger partial charge on any atom is 0.0682 e. The Kier molecular flexibility index (Phi) is 5.45. The SMILES string of the molecule is [2H]C(CCC/C=C/[Si](C)(C)C)C(C)C. The van der Waals surface area contributed by atoms with Crippen LogP contribution in [0.1, 0.15) is 40.9 Å². The highest BCUT2D eigenvalue weighted by molar-refractivity contribution is 6.80. The second-order valence-electron chi connectivity index (χ2n) is 5.18. The van der Waals surface area contributed by atoms with Gasteiger partial charge in [0.05, 0.1) is 8.07 Å². The summed E-state index contributed by atoms with van der Waals surface area (Å²) in [7, 11) is -0.984. The van der Waals surface area contributed by atoms with Gasteiger partial charge in [0.2, 0.25) is 0 Å². The first kappa shape index (κ1) is 11.0. The van der Waals surface area contributed by atoms with Crippen LogP contribution in [0.25, 0.3) is 0 Å². The highest BCUT2D eigenvalue weighted by Gasteiger charge is 2.05. The fourth-order valence-corrected chi connectivity index (χ4v) is 2.00. The van der Waals surface area contributed by atoms with Crippen LogP contribution >= 0.6 is 0 Å². The van der Waals surface area contributed by atoms with Crippen LogP contribution in [0.15, 0.2) is 11.8 Å². The van der Waals surface area contributed by atoms with Gasteiger partial charge in [-0.3, -0.25) is 0 Å². The first-order valence-electron chi connectivity index (χ1n) is 6.00. The summed E-state index contributed by atoms with van der Waals surface area (Å²) in [6.45, 7) is 11.3. The molecule has 0 aliphatic heterocycles. The van der Waals surface area contributed by atoms with E-state index in [9.17, 15) is 0 Å². The van der Waals surface area contributed by atoms with Crippen molar-refractivity contribution in [2.75, 3.05) is 0 Å².